The molecule has 2 aromatic heterocycles. The second-order valence-electron chi connectivity index (χ2n) is 3.75. The Labute approximate surface area is 99.0 Å². The van der Waals surface area contributed by atoms with Gasteiger partial charge in [-0.1, -0.05) is 17.4 Å². The predicted octanol–water partition coefficient (Wildman–Crippen LogP) is 1.79. The molecular weight excluding hydrogens is 214 g/mol. The van der Waals surface area contributed by atoms with Crippen LogP contribution in [0, 0.1) is 11.3 Å². The fourth-order valence-corrected chi connectivity index (χ4v) is 1.55. The van der Waals surface area contributed by atoms with Gasteiger partial charge in [-0.3, -0.25) is 4.98 Å². The van der Waals surface area contributed by atoms with Crippen molar-refractivity contribution in [3.8, 4) is 17.3 Å². The number of nitriles is 1. The van der Waals surface area contributed by atoms with Gasteiger partial charge in [-0.2, -0.15) is 5.26 Å². The summed E-state index contributed by atoms with van der Waals surface area (Å²) in [5, 5.41) is 16.8. The Morgan fingerprint density at radius 2 is 2.18 bits per heavy atom. The van der Waals surface area contributed by atoms with Gasteiger partial charge in [0.2, 0.25) is 0 Å². The zero-order valence-corrected chi connectivity index (χ0v) is 9.46. The molecule has 0 amide bonds. The van der Waals surface area contributed by atoms with Gasteiger partial charge in [0.05, 0.1) is 6.54 Å². The van der Waals surface area contributed by atoms with Gasteiger partial charge in [0.1, 0.15) is 11.8 Å². The van der Waals surface area contributed by atoms with Gasteiger partial charge in [0.15, 0.2) is 5.69 Å². The van der Waals surface area contributed by atoms with Crippen LogP contribution in [-0.4, -0.2) is 20.0 Å². The van der Waals surface area contributed by atoms with Crippen LogP contribution in [0.2, 0.25) is 0 Å². The third-order valence-corrected chi connectivity index (χ3v) is 2.21. The molecule has 2 heterocycles. The van der Waals surface area contributed by atoms with Crippen molar-refractivity contribution < 1.29 is 0 Å². The van der Waals surface area contributed by atoms with Crippen molar-refractivity contribution in [2.24, 2.45) is 0 Å². The maximum absolute atomic E-state index is 9.02. The van der Waals surface area contributed by atoms with Crippen molar-refractivity contribution in [1.29, 1.82) is 5.26 Å². The van der Waals surface area contributed by atoms with Crippen LogP contribution < -0.4 is 0 Å². The van der Waals surface area contributed by atoms with E-state index >= 15 is 0 Å². The highest BCUT2D eigenvalue weighted by Gasteiger charge is 2.14. The van der Waals surface area contributed by atoms with E-state index in [0.29, 0.717) is 17.9 Å². The van der Waals surface area contributed by atoms with Crippen LogP contribution in [0.1, 0.15) is 12.6 Å². The zero-order valence-electron chi connectivity index (χ0n) is 9.46. The Kier molecular flexibility index (Phi) is 2.97. The highest BCUT2D eigenvalue weighted by molar-refractivity contribution is 5.64. The van der Waals surface area contributed by atoms with Crippen molar-refractivity contribution >= 4 is 0 Å². The molecule has 0 aliphatic rings. The van der Waals surface area contributed by atoms with Gasteiger partial charge in [0, 0.05) is 18.0 Å². The minimum atomic E-state index is 0.317. The molecule has 0 spiro atoms. The molecule has 0 atom stereocenters. The van der Waals surface area contributed by atoms with Crippen molar-refractivity contribution in [1.82, 2.24) is 20.0 Å². The minimum Gasteiger partial charge on any atom is -0.265 e. The Hall–Kier alpha value is -2.48. The SMILES string of the molecule is C=C(C)Cn1nnc(C#N)c1-c1ccncc1. The molecule has 5 nitrogen and oxygen atoms in total. The number of aromatic nitrogens is 4. The van der Waals surface area contributed by atoms with Crippen molar-refractivity contribution in [3.63, 3.8) is 0 Å². The Bertz CT molecular complexity index is 577. The Morgan fingerprint density at radius 3 is 2.76 bits per heavy atom. The first-order chi connectivity index (χ1) is 8.22. The van der Waals surface area contributed by atoms with Crippen LogP contribution in [0.4, 0.5) is 0 Å². The average molecular weight is 225 g/mol. The molecule has 2 aromatic rings. The largest absolute Gasteiger partial charge is 0.265 e. The molecule has 0 unspecified atom stereocenters. The monoisotopic (exact) mass is 225 g/mol. The summed E-state index contributed by atoms with van der Waals surface area (Å²) in [5.41, 5.74) is 2.85. The van der Waals surface area contributed by atoms with Crippen LogP contribution in [0.3, 0.4) is 0 Å². The van der Waals surface area contributed by atoms with E-state index in [0.717, 1.165) is 11.1 Å². The van der Waals surface area contributed by atoms with E-state index in [1.807, 2.05) is 25.1 Å². The van der Waals surface area contributed by atoms with Crippen molar-refractivity contribution in [3.05, 3.63) is 42.4 Å². The molecule has 0 aliphatic heterocycles. The molecule has 0 bridgehead atoms. The molecule has 17 heavy (non-hydrogen) atoms. The average Bonchev–Trinajstić information content (AvgIpc) is 2.72. The van der Waals surface area contributed by atoms with Crippen molar-refractivity contribution in [2.75, 3.05) is 0 Å². The molecule has 0 fully saturated rings. The quantitative estimate of drug-likeness (QED) is 0.747. The van der Waals surface area contributed by atoms with Crippen LogP contribution in [0.5, 0.6) is 0 Å². The van der Waals surface area contributed by atoms with Crippen LogP contribution in [-0.2, 0) is 6.54 Å². The molecule has 84 valence electrons. The summed E-state index contributed by atoms with van der Waals surface area (Å²) in [5.74, 6) is 0. The zero-order chi connectivity index (χ0) is 12.3. The van der Waals surface area contributed by atoms with Gasteiger partial charge >= 0.3 is 0 Å². The second kappa shape index (κ2) is 4.58. The first-order valence-electron chi connectivity index (χ1n) is 5.10. The van der Waals surface area contributed by atoms with E-state index in [4.69, 9.17) is 5.26 Å². The standard InChI is InChI=1S/C12H11N5/c1-9(2)8-17-12(11(7-13)15-16-17)10-3-5-14-6-4-10/h3-6H,1,8H2,2H3. The number of rotatable bonds is 3. The normalized spacial score (nSPS) is 9.88. The fourth-order valence-electron chi connectivity index (χ4n) is 1.55. The van der Waals surface area contributed by atoms with Crippen molar-refractivity contribution in [2.45, 2.75) is 13.5 Å². The van der Waals surface area contributed by atoms with E-state index in [-0.39, 0.29) is 0 Å². The highest BCUT2D eigenvalue weighted by Crippen LogP contribution is 2.21. The molecular formula is C12H11N5. The summed E-state index contributed by atoms with van der Waals surface area (Å²) in [6, 6.07) is 5.70. The molecule has 0 aromatic carbocycles. The summed E-state index contributed by atoms with van der Waals surface area (Å²) in [7, 11) is 0. The molecule has 0 N–H and O–H groups in total. The lowest BCUT2D eigenvalue weighted by molar-refractivity contribution is 0.649. The predicted molar refractivity (Wildman–Crippen MR) is 62.8 cm³/mol. The van der Waals surface area contributed by atoms with E-state index in [2.05, 4.69) is 21.9 Å². The topological polar surface area (TPSA) is 67.4 Å². The van der Waals surface area contributed by atoms with Gasteiger partial charge in [0.25, 0.3) is 0 Å². The number of pyridine rings is 1. The summed E-state index contributed by atoms with van der Waals surface area (Å²) < 4.78 is 1.68. The minimum absolute atomic E-state index is 0.317. The van der Waals surface area contributed by atoms with Gasteiger partial charge in [-0.25, -0.2) is 4.68 Å². The molecule has 2 rings (SSSR count). The second-order valence-corrected chi connectivity index (χ2v) is 3.75. The van der Waals surface area contributed by atoms with Crippen LogP contribution in [0.15, 0.2) is 36.7 Å². The maximum Gasteiger partial charge on any atom is 0.190 e. The number of nitrogens with zero attached hydrogens (tertiary/aromatic N) is 5. The third-order valence-electron chi connectivity index (χ3n) is 2.21. The maximum atomic E-state index is 9.02. The summed E-state index contributed by atoms with van der Waals surface area (Å²) in [6.45, 7) is 6.29. The van der Waals surface area contributed by atoms with Gasteiger partial charge < -0.3 is 0 Å². The lowest BCUT2D eigenvalue weighted by atomic mass is 10.1. The molecule has 5 heteroatoms. The summed E-state index contributed by atoms with van der Waals surface area (Å²) in [4.78, 5) is 3.95. The Morgan fingerprint density at radius 1 is 1.47 bits per heavy atom. The molecule has 0 saturated carbocycles. The molecule has 0 aliphatic carbocycles. The number of hydrogen-bond donors (Lipinski definition) is 0. The lowest BCUT2D eigenvalue weighted by Crippen LogP contribution is -2.03. The smallest absolute Gasteiger partial charge is 0.190 e. The fraction of sp³-hybridized carbons (Fsp3) is 0.167. The van der Waals surface area contributed by atoms with Gasteiger partial charge in [-0.15, -0.1) is 5.10 Å². The Balaban J connectivity index is 2.54. The lowest BCUT2D eigenvalue weighted by Gasteiger charge is -2.05. The number of hydrogen-bond acceptors (Lipinski definition) is 4. The van der Waals surface area contributed by atoms with E-state index in [1.165, 1.54) is 0 Å². The first kappa shape index (κ1) is 11.0. The highest BCUT2D eigenvalue weighted by atomic mass is 15.4. The van der Waals surface area contributed by atoms with Crippen LogP contribution >= 0.6 is 0 Å². The third kappa shape index (κ3) is 2.21. The molecule has 0 radical (unpaired) electrons. The number of allylic oxidation sites excluding steroid dienone is 1. The summed E-state index contributed by atoms with van der Waals surface area (Å²) in [6.07, 6.45) is 3.35. The van der Waals surface area contributed by atoms with Gasteiger partial charge in [-0.05, 0) is 19.1 Å². The van der Waals surface area contributed by atoms with E-state index in [9.17, 15) is 0 Å². The first-order valence-corrected chi connectivity index (χ1v) is 5.10. The van der Waals surface area contributed by atoms with E-state index < -0.39 is 0 Å². The van der Waals surface area contributed by atoms with E-state index in [1.54, 1.807) is 17.1 Å². The van der Waals surface area contributed by atoms with Crippen LogP contribution in [0.25, 0.3) is 11.3 Å². The molecule has 0 saturated heterocycles. The summed E-state index contributed by atoms with van der Waals surface area (Å²) >= 11 is 0.